The maximum Gasteiger partial charge on any atom is 0.449 e. The molecule has 0 N–H and O–H groups in total. The van der Waals surface area contributed by atoms with Gasteiger partial charge in [0.05, 0.1) is 0 Å². The van der Waals surface area contributed by atoms with Crippen LogP contribution in [0.1, 0.15) is 13.8 Å². The molecule has 19 heavy (non-hydrogen) atoms. The van der Waals surface area contributed by atoms with Crippen molar-refractivity contribution in [1.29, 1.82) is 0 Å². The zero-order valence-electron chi connectivity index (χ0n) is 9.69. The molecule has 0 heterocycles. The molecule has 0 nitrogen and oxygen atoms in total. The Morgan fingerprint density at radius 2 is 0.789 bits per heavy atom. The molecular formula is C8H10F10Si. The summed E-state index contributed by atoms with van der Waals surface area (Å²) in [5.41, 5.74) is -12.1. The highest BCUT2D eigenvalue weighted by Gasteiger charge is 2.84. The molecule has 0 fully saturated rings. The SMILES string of the molecule is CC[Si](CC)(C(F)(F)C(F)(F)F)C(F)(F)C(F)(F)F. The molecule has 0 saturated carbocycles. The van der Waals surface area contributed by atoms with Gasteiger partial charge in [-0.1, -0.05) is 13.8 Å². The van der Waals surface area contributed by atoms with Crippen molar-refractivity contribution in [3.05, 3.63) is 0 Å². The molecule has 0 saturated heterocycles. The van der Waals surface area contributed by atoms with Gasteiger partial charge in [-0.05, 0) is 12.1 Å². The van der Waals surface area contributed by atoms with Crippen LogP contribution in [0.4, 0.5) is 43.9 Å². The minimum absolute atomic E-state index is 0.495. The minimum Gasteiger partial charge on any atom is -0.201 e. The van der Waals surface area contributed by atoms with Crippen LogP contribution in [0.3, 0.4) is 0 Å². The van der Waals surface area contributed by atoms with Crippen molar-refractivity contribution in [2.45, 2.75) is 49.4 Å². The van der Waals surface area contributed by atoms with Crippen molar-refractivity contribution in [2.75, 3.05) is 0 Å². The van der Waals surface area contributed by atoms with Gasteiger partial charge in [-0.15, -0.1) is 0 Å². The Hall–Kier alpha value is -0.483. The Labute approximate surface area is 102 Å². The molecule has 116 valence electrons. The summed E-state index contributed by atoms with van der Waals surface area (Å²) < 4.78 is 126. The Kier molecular flexibility index (Phi) is 4.69. The summed E-state index contributed by atoms with van der Waals surface area (Å²) in [7, 11) is -6.39. The summed E-state index contributed by atoms with van der Waals surface area (Å²) in [6, 6.07) is -3.11. The van der Waals surface area contributed by atoms with Crippen LogP contribution in [0.5, 0.6) is 0 Å². The first kappa shape index (κ1) is 18.5. The second-order valence-corrected chi connectivity index (χ2v) is 8.77. The zero-order valence-corrected chi connectivity index (χ0v) is 10.7. The summed E-state index contributed by atoms with van der Waals surface area (Å²) in [5.74, 6) is 0. The van der Waals surface area contributed by atoms with Crippen LogP contribution >= 0.6 is 0 Å². The quantitative estimate of drug-likeness (QED) is 0.507. The summed E-state index contributed by atoms with van der Waals surface area (Å²) in [6.45, 7) is 0.990. The van der Waals surface area contributed by atoms with Gasteiger partial charge in [-0.3, -0.25) is 0 Å². The van der Waals surface area contributed by atoms with Crippen molar-refractivity contribution in [3.8, 4) is 0 Å². The zero-order chi connectivity index (χ0) is 15.9. The molecule has 0 aromatic carbocycles. The minimum atomic E-state index is -6.44. The van der Waals surface area contributed by atoms with E-state index in [0.29, 0.717) is 13.8 Å². The standard InChI is InChI=1S/C8H10F10Si/c1-3-19(4-2,7(15,16)5(9,10)11)8(17,18)6(12,13)14/h3-4H2,1-2H3. The maximum atomic E-state index is 13.2. The van der Waals surface area contributed by atoms with E-state index in [1.165, 1.54) is 0 Å². The van der Waals surface area contributed by atoms with E-state index in [2.05, 4.69) is 0 Å². The average Bonchev–Trinajstić information content (AvgIpc) is 2.15. The van der Waals surface area contributed by atoms with E-state index in [1.807, 2.05) is 0 Å². The molecule has 0 rings (SSSR count). The third-order valence-electron chi connectivity index (χ3n) is 3.12. The average molecular weight is 324 g/mol. The van der Waals surface area contributed by atoms with Crippen LogP contribution in [-0.4, -0.2) is 31.5 Å². The molecule has 0 aliphatic carbocycles. The Morgan fingerprint density at radius 3 is 0.895 bits per heavy atom. The fourth-order valence-electron chi connectivity index (χ4n) is 1.88. The lowest BCUT2D eigenvalue weighted by Crippen LogP contribution is -2.73. The van der Waals surface area contributed by atoms with Gasteiger partial charge in [-0.2, -0.15) is 26.3 Å². The van der Waals surface area contributed by atoms with Crippen LogP contribution < -0.4 is 0 Å². The normalized spacial score (nSPS) is 15.8. The first-order chi connectivity index (χ1) is 8.12. The Bertz CT molecular complexity index is 282. The second-order valence-electron chi connectivity index (χ2n) is 3.93. The number of hydrogen-bond acceptors (Lipinski definition) is 0. The van der Waals surface area contributed by atoms with Crippen LogP contribution in [0.2, 0.25) is 12.1 Å². The highest BCUT2D eigenvalue weighted by molar-refractivity contribution is 6.84. The van der Waals surface area contributed by atoms with Gasteiger partial charge in [0.25, 0.3) is 0 Å². The van der Waals surface area contributed by atoms with Gasteiger partial charge in [-0.25, -0.2) is 17.6 Å². The number of hydrogen-bond donors (Lipinski definition) is 0. The second kappa shape index (κ2) is 4.81. The number of rotatable bonds is 4. The third kappa shape index (κ3) is 2.45. The van der Waals surface area contributed by atoms with E-state index in [0.717, 1.165) is 0 Å². The molecule has 0 radical (unpaired) electrons. The predicted octanol–water partition coefficient (Wildman–Crippen LogP) is 4.95. The lowest BCUT2D eigenvalue weighted by atomic mass is 10.6. The lowest BCUT2D eigenvalue weighted by Gasteiger charge is -2.43. The summed E-state index contributed by atoms with van der Waals surface area (Å²) in [4.78, 5) is 0. The molecule has 0 aromatic rings. The van der Waals surface area contributed by atoms with E-state index in [-0.39, 0.29) is 0 Å². The lowest BCUT2D eigenvalue weighted by molar-refractivity contribution is -0.276. The van der Waals surface area contributed by atoms with E-state index in [9.17, 15) is 43.9 Å². The predicted molar refractivity (Wildman–Crippen MR) is 48.7 cm³/mol. The van der Waals surface area contributed by atoms with E-state index in [4.69, 9.17) is 0 Å². The Morgan fingerprint density at radius 1 is 0.579 bits per heavy atom. The molecule has 0 unspecified atom stereocenters. The molecular weight excluding hydrogens is 314 g/mol. The fourth-order valence-corrected chi connectivity index (χ4v) is 5.63. The number of halogens is 10. The fraction of sp³-hybridized carbons (Fsp3) is 1.00. The van der Waals surface area contributed by atoms with Crippen LogP contribution in [-0.2, 0) is 0 Å². The topological polar surface area (TPSA) is 0 Å². The molecule has 0 atom stereocenters. The van der Waals surface area contributed by atoms with Gasteiger partial charge < -0.3 is 0 Å². The first-order valence-corrected chi connectivity index (χ1v) is 7.43. The summed E-state index contributed by atoms with van der Waals surface area (Å²) in [5, 5.41) is 0. The highest BCUT2D eigenvalue weighted by atomic mass is 28.3. The smallest absolute Gasteiger partial charge is 0.201 e. The summed E-state index contributed by atoms with van der Waals surface area (Å²) >= 11 is 0. The molecule has 0 bridgehead atoms. The van der Waals surface area contributed by atoms with E-state index >= 15 is 0 Å². The molecule has 0 aliphatic heterocycles. The van der Waals surface area contributed by atoms with E-state index < -0.39 is 43.6 Å². The maximum absolute atomic E-state index is 13.2. The van der Waals surface area contributed by atoms with Crippen LogP contribution in [0.25, 0.3) is 0 Å². The van der Waals surface area contributed by atoms with Gasteiger partial charge in [0.15, 0.2) is 0 Å². The van der Waals surface area contributed by atoms with Crippen LogP contribution in [0.15, 0.2) is 0 Å². The van der Waals surface area contributed by atoms with Crippen molar-refractivity contribution < 1.29 is 43.9 Å². The third-order valence-corrected chi connectivity index (χ3v) is 8.51. The van der Waals surface area contributed by atoms with Crippen molar-refractivity contribution in [1.82, 2.24) is 0 Å². The summed E-state index contributed by atoms with van der Waals surface area (Å²) in [6.07, 6.45) is -12.9. The van der Waals surface area contributed by atoms with Crippen LogP contribution in [0, 0.1) is 0 Å². The molecule has 11 heteroatoms. The largest absolute Gasteiger partial charge is 0.449 e. The Balaban J connectivity index is 6.19. The van der Waals surface area contributed by atoms with Crippen molar-refractivity contribution >= 4 is 8.07 Å². The highest BCUT2D eigenvalue weighted by Crippen LogP contribution is 2.56. The van der Waals surface area contributed by atoms with Gasteiger partial charge in [0.1, 0.15) is 0 Å². The molecule has 0 amide bonds. The first-order valence-electron chi connectivity index (χ1n) is 5.01. The van der Waals surface area contributed by atoms with Crippen molar-refractivity contribution in [2.24, 2.45) is 0 Å². The van der Waals surface area contributed by atoms with Gasteiger partial charge >= 0.3 is 23.4 Å². The van der Waals surface area contributed by atoms with Gasteiger partial charge in [0.2, 0.25) is 8.07 Å². The number of alkyl halides is 10. The monoisotopic (exact) mass is 324 g/mol. The molecule has 0 spiro atoms. The van der Waals surface area contributed by atoms with Crippen molar-refractivity contribution in [3.63, 3.8) is 0 Å². The van der Waals surface area contributed by atoms with Gasteiger partial charge in [0, 0.05) is 0 Å². The molecule has 0 aromatic heterocycles. The molecule has 0 aliphatic rings. The van der Waals surface area contributed by atoms with E-state index in [1.54, 1.807) is 0 Å².